The van der Waals surface area contributed by atoms with Crippen LogP contribution in [-0.4, -0.2) is 43.4 Å². The minimum atomic E-state index is -3.75. The number of ether oxygens (including phenoxy) is 1. The molecule has 8 heteroatoms. The third-order valence-corrected chi connectivity index (χ3v) is 6.48. The Hall–Kier alpha value is -2.94. The molecule has 0 aliphatic carbocycles. The van der Waals surface area contributed by atoms with Gasteiger partial charge in [0.25, 0.3) is 0 Å². The van der Waals surface area contributed by atoms with Gasteiger partial charge in [-0.2, -0.15) is 0 Å². The molecule has 3 aromatic rings. The summed E-state index contributed by atoms with van der Waals surface area (Å²) in [6, 6.07) is 16.1. The van der Waals surface area contributed by atoms with Gasteiger partial charge in [0.15, 0.2) is 5.78 Å². The van der Waals surface area contributed by atoms with E-state index in [9.17, 15) is 13.2 Å². The number of para-hydroxylation sites is 1. The minimum Gasteiger partial charge on any atom is -0.492 e. The zero-order valence-electron chi connectivity index (χ0n) is 17.5. The molecule has 1 aromatic heterocycles. The van der Waals surface area contributed by atoms with Crippen LogP contribution in [0.4, 0.5) is 0 Å². The second-order valence-corrected chi connectivity index (χ2v) is 9.31. The van der Waals surface area contributed by atoms with E-state index >= 15 is 0 Å². The molecule has 0 radical (unpaired) electrons. The van der Waals surface area contributed by atoms with Crippen molar-refractivity contribution in [3.63, 3.8) is 0 Å². The molecule has 0 unspecified atom stereocenters. The molecule has 0 bridgehead atoms. The molecule has 1 aliphatic heterocycles. The average molecular weight is 440 g/mol. The number of hydrogen-bond acceptors (Lipinski definition) is 5. The van der Waals surface area contributed by atoms with Gasteiger partial charge in [-0.1, -0.05) is 18.2 Å². The van der Waals surface area contributed by atoms with Crippen molar-refractivity contribution in [2.24, 2.45) is 5.14 Å². The molecule has 0 amide bonds. The van der Waals surface area contributed by atoms with Crippen LogP contribution < -0.4 is 9.88 Å². The van der Waals surface area contributed by atoms with Crippen LogP contribution in [0.2, 0.25) is 0 Å². The average Bonchev–Trinajstić information content (AvgIpc) is 2.89. The smallest absolute Gasteiger partial charge is 0.238 e. The number of nitrogens with two attached hydrogens (primary N) is 1. The maximum atomic E-state index is 13.1. The summed E-state index contributed by atoms with van der Waals surface area (Å²) in [6.45, 7) is 6.00. The van der Waals surface area contributed by atoms with E-state index in [1.165, 1.54) is 12.1 Å². The Morgan fingerprint density at radius 1 is 1.10 bits per heavy atom. The van der Waals surface area contributed by atoms with E-state index in [1.807, 2.05) is 48.7 Å². The number of hydrogen-bond donors (Lipinski definition) is 1. The summed E-state index contributed by atoms with van der Waals surface area (Å²) in [6.07, 6.45) is 0. The Labute approximate surface area is 182 Å². The van der Waals surface area contributed by atoms with Crippen LogP contribution >= 0.6 is 0 Å². The van der Waals surface area contributed by atoms with Crippen LogP contribution in [0.15, 0.2) is 59.5 Å². The lowest BCUT2D eigenvalue weighted by Crippen LogP contribution is -2.31. The van der Waals surface area contributed by atoms with Gasteiger partial charge >= 0.3 is 0 Å². The van der Waals surface area contributed by atoms with Gasteiger partial charge in [-0.15, -0.1) is 0 Å². The highest BCUT2D eigenvalue weighted by molar-refractivity contribution is 7.89. The highest BCUT2D eigenvalue weighted by atomic mass is 32.2. The summed E-state index contributed by atoms with van der Waals surface area (Å²) in [5, 5.41) is 5.19. The lowest BCUT2D eigenvalue weighted by molar-refractivity contribution is 0.0920. The Morgan fingerprint density at radius 2 is 1.81 bits per heavy atom. The molecule has 0 spiro atoms. The molecule has 2 heterocycles. The Kier molecular flexibility index (Phi) is 5.70. The predicted molar refractivity (Wildman–Crippen MR) is 118 cm³/mol. The Bertz CT molecular complexity index is 1230. The van der Waals surface area contributed by atoms with Gasteiger partial charge in [0.2, 0.25) is 10.0 Å². The van der Waals surface area contributed by atoms with Gasteiger partial charge in [0.1, 0.15) is 12.4 Å². The quantitative estimate of drug-likeness (QED) is 0.617. The van der Waals surface area contributed by atoms with Crippen molar-refractivity contribution in [3.05, 3.63) is 77.1 Å². The van der Waals surface area contributed by atoms with Gasteiger partial charge in [-0.3, -0.25) is 9.69 Å². The summed E-state index contributed by atoms with van der Waals surface area (Å²) in [4.78, 5) is 15.3. The van der Waals surface area contributed by atoms with E-state index in [1.54, 1.807) is 12.1 Å². The van der Waals surface area contributed by atoms with E-state index in [0.717, 1.165) is 28.4 Å². The van der Waals surface area contributed by atoms with E-state index in [-0.39, 0.29) is 10.7 Å². The van der Waals surface area contributed by atoms with Gasteiger partial charge in [0.05, 0.1) is 11.4 Å². The minimum absolute atomic E-state index is 0.0416. The summed E-state index contributed by atoms with van der Waals surface area (Å²) >= 11 is 0. The van der Waals surface area contributed by atoms with Crippen LogP contribution in [0.3, 0.4) is 0 Å². The lowest BCUT2D eigenvalue weighted by atomic mass is 10.1. The van der Waals surface area contributed by atoms with Crippen molar-refractivity contribution in [1.82, 2.24) is 9.47 Å². The standard InChI is InChI=1S/C23H25N3O4S/c1-16-13-21(17(2)26(16)19-7-9-20(10-8-19)31(24,28)29)22(27)15-25-11-12-30-23-6-4-3-5-18(23)14-25/h3-10,13H,11-12,14-15H2,1-2H3,(H2,24,28,29). The molecule has 7 nitrogen and oxygen atoms in total. The number of carbonyl (C=O) groups is 1. The lowest BCUT2D eigenvalue weighted by Gasteiger charge is -2.18. The van der Waals surface area contributed by atoms with Gasteiger partial charge in [0, 0.05) is 41.3 Å². The number of ketones is 1. The highest BCUT2D eigenvalue weighted by Crippen LogP contribution is 2.25. The first kappa shape index (κ1) is 21.3. The molecular formula is C23H25N3O4S. The summed E-state index contributed by atoms with van der Waals surface area (Å²) in [5.41, 5.74) is 4.23. The van der Waals surface area contributed by atoms with Crippen molar-refractivity contribution in [3.8, 4) is 11.4 Å². The number of benzene rings is 2. The molecule has 4 rings (SSSR count). The number of rotatable bonds is 5. The Morgan fingerprint density at radius 3 is 2.52 bits per heavy atom. The largest absolute Gasteiger partial charge is 0.492 e. The zero-order valence-corrected chi connectivity index (χ0v) is 18.4. The fourth-order valence-electron chi connectivity index (χ4n) is 4.03. The van der Waals surface area contributed by atoms with Crippen molar-refractivity contribution in [2.75, 3.05) is 19.7 Å². The summed E-state index contributed by atoms with van der Waals surface area (Å²) in [5.74, 6) is 0.915. The van der Waals surface area contributed by atoms with Crippen LogP contribution in [0.5, 0.6) is 5.75 Å². The first-order valence-corrected chi connectivity index (χ1v) is 11.6. The summed E-state index contributed by atoms with van der Waals surface area (Å²) in [7, 11) is -3.75. The Balaban J connectivity index is 1.56. The summed E-state index contributed by atoms with van der Waals surface area (Å²) < 4.78 is 30.8. The third-order valence-electron chi connectivity index (χ3n) is 5.55. The fraction of sp³-hybridized carbons (Fsp3) is 0.261. The molecule has 1 aliphatic rings. The molecule has 0 atom stereocenters. The second-order valence-electron chi connectivity index (χ2n) is 7.75. The number of sulfonamides is 1. The number of aromatic nitrogens is 1. The maximum Gasteiger partial charge on any atom is 0.238 e. The van der Waals surface area contributed by atoms with Gasteiger partial charge in [-0.05, 0) is 50.2 Å². The molecule has 31 heavy (non-hydrogen) atoms. The second kappa shape index (κ2) is 8.30. The topological polar surface area (TPSA) is 94.6 Å². The van der Waals surface area contributed by atoms with Crippen molar-refractivity contribution < 1.29 is 17.9 Å². The number of fused-ring (bicyclic) bond motifs is 1. The van der Waals surface area contributed by atoms with Crippen LogP contribution in [0.25, 0.3) is 5.69 Å². The van der Waals surface area contributed by atoms with E-state index in [4.69, 9.17) is 9.88 Å². The van der Waals surface area contributed by atoms with Crippen molar-refractivity contribution in [1.29, 1.82) is 0 Å². The molecule has 162 valence electrons. The number of primary sulfonamides is 1. The van der Waals surface area contributed by atoms with E-state index in [2.05, 4.69) is 4.90 Å². The highest BCUT2D eigenvalue weighted by Gasteiger charge is 2.22. The van der Waals surface area contributed by atoms with E-state index < -0.39 is 10.0 Å². The number of aryl methyl sites for hydroxylation is 1. The zero-order chi connectivity index (χ0) is 22.2. The fourth-order valence-corrected chi connectivity index (χ4v) is 4.55. The molecule has 0 saturated heterocycles. The molecule has 0 saturated carbocycles. The number of Topliss-reactive ketones (excluding diaryl/α,β-unsaturated/α-hetero) is 1. The SMILES string of the molecule is Cc1cc(C(=O)CN2CCOc3ccccc3C2)c(C)n1-c1ccc(S(N)(=O)=O)cc1. The number of nitrogens with zero attached hydrogens (tertiary/aromatic N) is 2. The normalized spacial score (nSPS) is 14.5. The molecular weight excluding hydrogens is 414 g/mol. The molecule has 2 N–H and O–H groups in total. The third kappa shape index (κ3) is 4.41. The first-order valence-electron chi connectivity index (χ1n) is 10.0. The van der Waals surface area contributed by atoms with Crippen LogP contribution in [0.1, 0.15) is 27.3 Å². The van der Waals surface area contributed by atoms with Crippen molar-refractivity contribution >= 4 is 15.8 Å². The van der Waals surface area contributed by atoms with Gasteiger partial charge < -0.3 is 9.30 Å². The molecule has 2 aromatic carbocycles. The van der Waals surface area contributed by atoms with Crippen LogP contribution in [0, 0.1) is 13.8 Å². The first-order chi connectivity index (χ1) is 14.7. The van der Waals surface area contributed by atoms with Gasteiger partial charge in [-0.25, -0.2) is 13.6 Å². The predicted octanol–water partition coefficient (Wildman–Crippen LogP) is 2.82. The monoisotopic (exact) mass is 439 g/mol. The van der Waals surface area contributed by atoms with E-state index in [0.29, 0.717) is 31.8 Å². The number of carbonyl (C=O) groups excluding carboxylic acids is 1. The van der Waals surface area contributed by atoms with Crippen molar-refractivity contribution in [2.45, 2.75) is 25.3 Å². The van der Waals surface area contributed by atoms with Crippen LogP contribution in [-0.2, 0) is 16.6 Å². The maximum absolute atomic E-state index is 13.1. The molecule has 0 fully saturated rings.